The molecule has 2 unspecified atom stereocenters. The molecule has 0 spiro atoms. The van der Waals surface area contributed by atoms with Gasteiger partial charge in [-0.3, -0.25) is 0 Å². The van der Waals surface area contributed by atoms with Crippen LogP contribution in [0.25, 0.3) is 0 Å². The fraction of sp³-hybridized carbons (Fsp3) is 0.684. The minimum atomic E-state index is 0.00450. The van der Waals surface area contributed by atoms with E-state index in [1.807, 2.05) is 0 Å². The molecule has 0 aliphatic heterocycles. The van der Waals surface area contributed by atoms with E-state index in [-0.39, 0.29) is 12.1 Å². The van der Waals surface area contributed by atoms with Crippen molar-refractivity contribution >= 4 is 0 Å². The van der Waals surface area contributed by atoms with Crippen LogP contribution in [0.5, 0.6) is 0 Å². The van der Waals surface area contributed by atoms with Crippen LogP contribution >= 0.6 is 0 Å². The zero-order valence-corrected chi connectivity index (χ0v) is 13.7. The number of hydrogen-bond acceptors (Lipinski definition) is 2. The van der Waals surface area contributed by atoms with Crippen molar-refractivity contribution in [2.75, 3.05) is 6.61 Å². The van der Waals surface area contributed by atoms with Crippen LogP contribution in [0, 0.1) is 5.92 Å². The first-order valence-corrected chi connectivity index (χ1v) is 8.72. The lowest BCUT2D eigenvalue weighted by Gasteiger charge is -2.34. The van der Waals surface area contributed by atoms with Crippen LogP contribution in [0.2, 0.25) is 0 Å². The van der Waals surface area contributed by atoms with Crippen LogP contribution in [0.4, 0.5) is 0 Å². The van der Waals surface area contributed by atoms with Crippen LogP contribution in [0.15, 0.2) is 24.3 Å². The topological polar surface area (TPSA) is 35.2 Å². The van der Waals surface area contributed by atoms with Crippen molar-refractivity contribution in [1.29, 1.82) is 0 Å². The van der Waals surface area contributed by atoms with Gasteiger partial charge in [0.2, 0.25) is 0 Å². The molecule has 118 valence electrons. The van der Waals surface area contributed by atoms with Crippen molar-refractivity contribution in [2.24, 2.45) is 11.7 Å². The SMILES string of the molecule is CCCc1cccc(C(N)C(OCC)C2CCCCC2)c1. The number of nitrogens with two attached hydrogens (primary N) is 1. The summed E-state index contributed by atoms with van der Waals surface area (Å²) in [5.41, 5.74) is 9.23. The maximum absolute atomic E-state index is 6.60. The smallest absolute Gasteiger partial charge is 0.0795 e. The van der Waals surface area contributed by atoms with Gasteiger partial charge in [-0.15, -0.1) is 0 Å². The normalized spacial score (nSPS) is 19.4. The average molecular weight is 289 g/mol. The fourth-order valence-corrected chi connectivity index (χ4v) is 3.62. The lowest BCUT2D eigenvalue weighted by atomic mass is 9.81. The molecule has 1 saturated carbocycles. The maximum atomic E-state index is 6.60. The summed E-state index contributed by atoms with van der Waals surface area (Å²) in [6.45, 7) is 5.05. The van der Waals surface area contributed by atoms with Crippen LogP contribution in [0.1, 0.15) is 69.5 Å². The fourth-order valence-electron chi connectivity index (χ4n) is 3.62. The van der Waals surface area contributed by atoms with Crippen LogP contribution in [0.3, 0.4) is 0 Å². The van der Waals surface area contributed by atoms with Gasteiger partial charge < -0.3 is 10.5 Å². The molecule has 21 heavy (non-hydrogen) atoms. The predicted octanol–water partition coefficient (Wildman–Crippen LogP) is 4.62. The van der Waals surface area contributed by atoms with Crippen LogP contribution in [-0.4, -0.2) is 12.7 Å². The second-order valence-corrected chi connectivity index (χ2v) is 6.34. The van der Waals surface area contributed by atoms with Crippen molar-refractivity contribution in [3.05, 3.63) is 35.4 Å². The Labute approximate surface area is 130 Å². The first kappa shape index (κ1) is 16.5. The highest BCUT2D eigenvalue weighted by molar-refractivity contribution is 5.27. The molecule has 1 aromatic carbocycles. The highest BCUT2D eigenvalue weighted by Gasteiger charge is 2.30. The van der Waals surface area contributed by atoms with Crippen molar-refractivity contribution < 1.29 is 4.74 Å². The molecule has 2 nitrogen and oxygen atoms in total. The Bertz CT molecular complexity index is 412. The molecule has 0 aromatic heterocycles. The third-order valence-electron chi connectivity index (χ3n) is 4.70. The number of hydrogen-bond donors (Lipinski definition) is 1. The molecule has 0 amide bonds. The minimum Gasteiger partial charge on any atom is -0.376 e. The number of benzene rings is 1. The zero-order valence-electron chi connectivity index (χ0n) is 13.7. The number of rotatable bonds is 7. The Hall–Kier alpha value is -0.860. The van der Waals surface area contributed by atoms with E-state index in [0.29, 0.717) is 5.92 Å². The summed E-state index contributed by atoms with van der Waals surface area (Å²) in [6, 6.07) is 8.80. The molecular formula is C19H31NO. The van der Waals surface area contributed by atoms with E-state index in [0.717, 1.165) is 13.0 Å². The standard InChI is InChI=1S/C19H31NO/c1-3-9-15-10-8-13-17(14-15)18(20)19(21-4-2)16-11-6-5-7-12-16/h8,10,13-14,16,18-19H,3-7,9,11-12,20H2,1-2H3. The first-order valence-electron chi connectivity index (χ1n) is 8.72. The van der Waals surface area contributed by atoms with Crippen molar-refractivity contribution in [2.45, 2.75) is 70.9 Å². The van der Waals surface area contributed by atoms with E-state index in [1.54, 1.807) is 0 Å². The van der Waals surface area contributed by atoms with E-state index in [9.17, 15) is 0 Å². The molecule has 2 N–H and O–H groups in total. The molecule has 1 aliphatic carbocycles. The summed E-state index contributed by atoms with van der Waals surface area (Å²) >= 11 is 0. The molecule has 2 rings (SSSR count). The van der Waals surface area contributed by atoms with Gasteiger partial charge in [0.05, 0.1) is 12.1 Å². The van der Waals surface area contributed by atoms with Crippen molar-refractivity contribution in [3.8, 4) is 0 Å². The third kappa shape index (κ3) is 4.55. The number of ether oxygens (including phenoxy) is 1. The minimum absolute atomic E-state index is 0.00450. The lowest BCUT2D eigenvalue weighted by molar-refractivity contribution is -0.00986. The summed E-state index contributed by atoms with van der Waals surface area (Å²) in [5, 5.41) is 0. The monoisotopic (exact) mass is 289 g/mol. The Balaban J connectivity index is 2.12. The summed E-state index contributed by atoms with van der Waals surface area (Å²) in [6.07, 6.45) is 9.05. The zero-order chi connectivity index (χ0) is 15.1. The Morgan fingerprint density at radius 3 is 2.62 bits per heavy atom. The number of aryl methyl sites for hydroxylation is 1. The second-order valence-electron chi connectivity index (χ2n) is 6.34. The lowest BCUT2D eigenvalue weighted by Crippen LogP contribution is -2.36. The van der Waals surface area contributed by atoms with Gasteiger partial charge in [-0.2, -0.15) is 0 Å². The molecule has 0 radical (unpaired) electrons. The maximum Gasteiger partial charge on any atom is 0.0795 e. The molecule has 2 atom stereocenters. The molecule has 1 aliphatic rings. The van der Waals surface area contributed by atoms with Gasteiger partial charge in [0.25, 0.3) is 0 Å². The van der Waals surface area contributed by atoms with Gasteiger partial charge in [-0.1, -0.05) is 56.9 Å². The third-order valence-corrected chi connectivity index (χ3v) is 4.70. The van der Waals surface area contributed by atoms with E-state index >= 15 is 0 Å². The molecule has 1 aromatic rings. The van der Waals surface area contributed by atoms with E-state index in [4.69, 9.17) is 10.5 Å². The summed E-state index contributed by atoms with van der Waals surface area (Å²) in [4.78, 5) is 0. The largest absolute Gasteiger partial charge is 0.376 e. The molecule has 2 heteroatoms. The highest BCUT2D eigenvalue weighted by atomic mass is 16.5. The van der Waals surface area contributed by atoms with E-state index < -0.39 is 0 Å². The first-order chi connectivity index (χ1) is 10.3. The molecular weight excluding hydrogens is 258 g/mol. The Morgan fingerprint density at radius 1 is 1.19 bits per heavy atom. The summed E-state index contributed by atoms with van der Waals surface area (Å²) in [7, 11) is 0. The summed E-state index contributed by atoms with van der Waals surface area (Å²) in [5.74, 6) is 0.628. The Kier molecular flexibility index (Phi) is 6.72. The van der Waals surface area contributed by atoms with Gasteiger partial charge in [-0.25, -0.2) is 0 Å². The highest BCUT2D eigenvalue weighted by Crippen LogP contribution is 2.33. The molecule has 0 bridgehead atoms. The van der Waals surface area contributed by atoms with Gasteiger partial charge >= 0.3 is 0 Å². The molecule has 0 heterocycles. The summed E-state index contributed by atoms with van der Waals surface area (Å²) < 4.78 is 6.07. The average Bonchev–Trinajstić information content (AvgIpc) is 2.53. The van der Waals surface area contributed by atoms with Crippen molar-refractivity contribution in [3.63, 3.8) is 0 Å². The molecule has 0 saturated heterocycles. The van der Waals surface area contributed by atoms with E-state index in [1.165, 1.54) is 49.7 Å². The predicted molar refractivity (Wildman–Crippen MR) is 89.4 cm³/mol. The quantitative estimate of drug-likeness (QED) is 0.794. The van der Waals surface area contributed by atoms with Crippen molar-refractivity contribution in [1.82, 2.24) is 0 Å². The van der Waals surface area contributed by atoms with Gasteiger partial charge in [0.15, 0.2) is 0 Å². The second kappa shape index (κ2) is 8.55. The van der Waals surface area contributed by atoms with Crippen LogP contribution < -0.4 is 5.73 Å². The van der Waals surface area contributed by atoms with E-state index in [2.05, 4.69) is 38.1 Å². The van der Waals surface area contributed by atoms with Crippen LogP contribution in [-0.2, 0) is 11.2 Å². The van der Waals surface area contributed by atoms with Gasteiger partial charge in [0.1, 0.15) is 0 Å². The van der Waals surface area contributed by atoms with Gasteiger partial charge in [-0.05, 0) is 43.2 Å². The Morgan fingerprint density at radius 2 is 1.95 bits per heavy atom. The molecule has 1 fully saturated rings. The van der Waals surface area contributed by atoms with Gasteiger partial charge in [0, 0.05) is 6.61 Å².